The molecule has 0 radical (unpaired) electrons. The Kier molecular flexibility index (Phi) is 5.71. The Labute approximate surface area is 163 Å². The number of sulfone groups is 1. The van der Waals surface area contributed by atoms with Crippen molar-refractivity contribution in [1.82, 2.24) is 14.8 Å². The predicted octanol–water partition coefficient (Wildman–Crippen LogP) is 2.47. The number of anilines is 1. The third-order valence-electron chi connectivity index (χ3n) is 4.31. The summed E-state index contributed by atoms with van der Waals surface area (Å²) >= 11 is 1.01. The lowest BCUT2D eigenvalue weighted by atomic mass is 10.1. The fourth-order valence-electron chi connectivity index (χ4n) is 2.96. The van der Waals surface area contributed by atoms with Gasteiger partial charge in [0.1, 0.15) is 5.82 Å². The third-order valence-corrected chi connectivity index (χ3v) is 7.09. The first-order valence-corrected chi connectivity index (χ1v) is 11.1. The van der Waals surface area contributed by atoms with Crippen LogP contribution in [0.15, 0.2) is 29.4 Å². The molecular formula is C16H17F3N4O3S2. The van der Waals surface area contributed by atoms with Crippen LogP contribution in [0.3, 0.4) is 0 Å². The molecule has 1 N–H and O–H groups in total. The van der Waals surface area contributed by atoms with E-state index in [1.165, 1.54) is 18.2 Å². The number of nitrogens with zero attached hydrogens (tertiary/aromatic N) is 3. The van der Waals surface area contributed by atoms with Crippen LogP contribution >= 0.6 is 11.8 Å². The molecule has 1 atom stereocenters. The molecule has 2 aromatic rings. The van der Waals surface area contributed by atoms with Gasteiger partial charge in [0.15, 0.2) is 15.0 Å². The van der Waals surface area contributed by atoms with Crippen molar-refractivity contribution < 1.29 is 26.4 Å². The molecule has 3 rings (SSSR count). The number of hydrogen-bond donors (Lipinski definition) is 1. The quantitative estimate of drug-likeness (QED) is 0.727. The molecule has 0 spiro atoms. The van der Waals surface area contributed by atoms with Crippen molar-refractivity contribution in [3.8, 4) is 0 Å². The standard InChI is InChI=1S/C16H17F3N4O3S2/c1-23-14(10-6-7-28(25,26)9-10)21-22-15(23)27-8-13(24)20-12-5-3-2-4-11(12)16(17,18)19/h2-5,10H,6-9H2,1H3,(H,20,24). The molecule has 152 valence electrons. The van der Waals surface area contributed by atoms with Gasteiger partial charge < -0.3 is 9.88 Å². The van der Waals surface area contributed by atoms with E-state index in [1.807, 2.05) is 0 Å². The first-order valence-electron chi connectivity index (χ1n) is 8.25. The summed E-state index contributed by atoms with van der Waals surface area (Å²) in [5, 5.41) is 10.6. The molecule has 7 nitrogen and oxygen atoms in total. The van der Waals surface area contributed by atoms with Gasteiger partial charge in [-0.3, -0.25) is 4.79 Å². The van der Waals surface area contributed by atoms with Crippen LogP contribution in [0.4, 0.5) is 18.9 Å². The van der Waals surface area contributed by atoms with E-state index >= 15 is 0 Å². The predicted molar refractivity (Wildman–Crippen MR) is 97.8 cm³/mol. The average molecular weight is 434 g/mol. The summed E-state index contributed by atoms with van der Waals surface area (Å²) in [7, 11) is -1.41. The van der Waals surface area contributed by atoms with Crippen LogP contribution < -0.4 is 5.32 Å². The van der Waals surface area contributed by atoms with E-state index in [-0.39, 0.29) is 28.9 Å². The molecule has 1 aromatic heterocycles. The Morgan fingerprint density at radius 2 is 2.04 bits per heavy atom. The maximum Gasteiger partial charge on any atom is 0.418 e. The van der Waals surface area contributed by atoms with Gasteiger partial charge in [-0.1, -0.05) is 23.9 Å². The number of thioether (sulfide) groups is 1. The molecule has 1 unspecified atom stereocenters. The maximum atomic E-state index is 13.0. The van der Waals surface area contributed by atoms with E-state index in [0.717, 1.165) is 17.8 Å². The number of benzene rings is 1. The molecular weight excluding hydrogens is 417 g/mol. The average Bonchev–Trinajstić information content (AvgIpc) is 3.14. The summed E-state index contributed by atoms with van der Waals surface area (Å²) in [5.74, 6) is -0.390. The number of aromatic nitrogens is 3. The normalized spacial score (nSPS) is 18.9. The number of para-hydroxylation sites is 1. The minimum absolute atomic E-state index is 0.0123. The zero-order valence-electron chi connectivity index (χ0n) is 14.7. The number of halogens is 3. The number of amides is 1. The van der Waals surface area contributed by atoms with E-state index in [0.29, 0.717) is 17.4 Å². The van der Waals surface area contributed by atoms with Crippen molar-refractivity contribution in [3.63, 3.8) is 0 Å². The Morgan fingerprint density at radius 3 is 2.68 bits per heavy atom. The zero-order chi connectivity index (χ0) is 20.5. The van der Waals surface area contributed by atoms with Crippen molar-refractivity contribution in [3.05, 3.63) is 35.7 Å². The Hall–Kier alpha value is -2.08. The summed E-state index contributed by atoms with van der Waals surface area (Å²) in [4.78, 5) is 12.1. The highest BCUT2D eigenvalue weighted by Gasteiger charge is 2.34. The van der Waals surface area contributed by atoms with Crippen LogP contribution in [0.2, 0.25) is 0 Å². The highest BCUT2D eigenvalue weighted by molar-refractivity contribution is 7.99. The highest BCUT2D eigenvalue weighted by atomic mass is 32.2. The molecule has 1 aromatic carbocycles. The van der Waals surface area contributed by atoms with Crippen LogP contribution in [-0.2, 0) is 27.9 Å². The van der Waals surface area contributed by atoms with Crippen molar-refractivity contribution >= 4 is 33.2 Å². The fraction of sp³-hybridized carbons (Fsp3) is 0.438. The van der Waals surface area contributed by atoms with Gasteiger partial charge in [-0.2, -0.15) is 13.2 Å². The van der Waals surface area contributed by atoms with Gasteiger partial charge >= 0.3 is 6.18 Å². The van der Waals surface area contributed by atoms with Gasteiger partial charge in [0.2, 0.25) is 5.91 Å². The summed E-state index contributed by atoms with van der Waals surface area (Å²) in [5.41, 5.74) is -1.23. The largest absolute Gasteiger partial charge is 0.418 e. The second-order valence-corrected chi connectivity index (χ2v) is 9.55. The lowest BCUT2D eigenvalue weighted by Gasteiger charge is -2.13. The molecule has 1 fully saturated rings. The van der Waals surface area contributed by atoms with Gasteiger partial charge in [0.25, 0.3) is 0 Å². The maximum absolute atomic E-state index is 13.0. The minimum Gasteiger partial charge on any atom is -0.325 e. The summed E-state index contributed by atoms with van der Waals surface area (Å²) in [6.07, 6.45) is -4.11. The number of carbonyl (C=O) groups is 1. The van der Waals surface area contributed by atoms with Crippen LogP contribution in [-0.4, -0.2) is 46.3 Å². The van der Waals surface area contributed by atoms with E-state index in [2.05, 4.69) is 15.5 Å². The molecule has 1 saturated heterocycles. The minimum atomic E-state index is -4.57. The van der Waals surface area contributed by atoms with Gasteiger partial charge in [-0.15, -0.1) is 10.2 Å². The second kappa shape index (κ2) is 7.74. The molecule has 12 heteroatoms. The molecule has 2 heterocycles. The third kappa shape index (κ3) is 4.66. The van der Waals surface area contributed by atoms with E-state index in [4.69, 9.17) is 0 Å². The molecule has 1 amide bonds. The number of carbonyl (C=O) groups excluding carboxylic acids is 1. The van der Waals surface area contributed by atoms with Gasteiger partial charge in [0, 0.05) is 13.0 Å². The molecule has 0 bridgehead atoms. The Morgan fingerprint density at radius 1 is 1.32 bits per heavy atom. The van der Waals surface area contributed by atoms with Gasteiger partial charge in [-0.25, -0.2) is 8.42 Å². The highest BCUT2D eigenvalue weighted by Crippen LogP contribution is 2.34. The number of nitrogens with one attached hydrogen (secondary N) is 1. The second-order valence-electron chi connectivity index (χ2n) is 6.38. The molecule has 1 aliphatic rings. The Balaban J connectivity index is 1.64. The van der Waals surface area contributed by atoms with Crippen LogP contribution in [0.25, 0.3) is 0 Å². The van der Waals surface area contributed by atoms with Crippen molar-refractivity contribution in [2.75, 3.05) is 22.6 Å². The summed E-state index contributed by atoms with van der Waals surface area (Å²) in [6.45, 7) is 0. The van der Waals surface area contributed by atoms with Crippen molar-refractivity contribution in [1.29, 1.82) is 0 Å². The SMILES string of the molecule is Cn1c(SCC(=O)Nc2ccccc2C(F)(F)F)nnc1C1CCS(=O)(=O)C1. The number of rotatable bonds is 5. The summed E-state index contributed by atoms with van der Waals surface area (Å²) in [6, 6.07) is 4.74. The number of alkyl halides is 3. The molecule has 1 aliphatic heterocycles. The van der Waals surface area contributed by atoms with Crippen LogP contribution in [0, 0.1) is 0 Å². The lowest BCUT2D eigenvalue weighted by molar-refractivity contribution is -0.137. The molecule has 0 aliphatic carbocycles. The molecule has 0 saturated carbocycles. The smallest absolute Gasteiger partial charge is 0.325 e. The van der Waals surface area contributed by atoms with Crippen molar-refractivity contribution in [2.45, 2.75) is 23.7 Å². The topological polar surface area (TPSA) is 93.9 Å². The first-order chi connectivity index (χ1) is 13.1. The number of hydrogen-bond acceptors (Lipinski definition) is 6. The first kappa shape index (κ1) is 20.6. The Bertz CT molecular complexity index is 989. The summed E-state index contributed by atoms with van der Waals surface area (Å²) < 4.78 is 63.8. The van der Waals surface area contributed by atoms with Crippen LogP contribution in [0.1, 0.15) is 23.7 Å². The van der Waals surface area contributed by atoms with Gasteiger partial charge in [-0.05, 0) is 18.6 Å². The van der Waals surface area contributed by atoms with Crippen LogP contribution in [0.5, 0.6) is 0 Å². The lowest BCUT2D eigenvalue weighted by Crippen LogP contribution is -2.18. The van der Waals surface area contributed by atoms with E-state index in [9.17, 15) is 26.4 Å². The van der Waals surface area contributed by atoms with Crippen molar-refractivity contribution in [2.24, 2.45) is 7.05 Å². The van der Waals surface area contributed by atoms with E-state index in [1.54, 1.807) is 11.6 Å². The zero-order valence-corrected chi connectivity index (χ0v) is 16.4. The van der Waals surface area contributed by atoms with E-state index < -0.39 is 27.5 Å². The van der Waals surface area contributed by atoms with Gasteiger partial charge in [0.05, 0.1) is 28.5 Å². The monoisotopic (exact) mass is 434 g/mol. The molecule has 28 heavy (non-hydrogen) atoms. The fourth-order valence-corrected chi connectivity index (χ4v) is 5.42.